The minimum atomic E-state index is -1.52. The molecule has 0 aliphatic heterocycles. The Balaban J connectivity index is 3.33. The standard InChI is InChI=1S/C14H14F3NO3/c1-4-21-14(20)10(7-18(2)3)13(19)9-5-8(15)6-11(16)12(9)17/h5-7H,4H2,1-3H3/b10-7-. The van der Waals surface area contributed by atoms with Crippen LogP contribution in [0.15, 0.2) is 23.9 Å². The molecule has 0 unspecified atom stereocenters. The van der Waals surface area contributed by atoms with Crippen LogP contribution in [0, 0.1) is 17.5 Å². The van der Waals surface area contributed by atoms with Crippen LogP contribution in [0.4, 0.5) is 13.2 Å². The maximum atomic E-state index is 13.6. The maximum absolute atomic E-state index is 13.6. The van der Waals surface area contributed by atoms with Gasteiger partial charge < -0.3 is 9.64 Å². The second-order valence-electron chi connectivity index (χ2n) is 4.31. The van der Waals surface area contributed by atoms with Crippen molar-refractivity contribution in [3.05, 3.63) is 46.9 Å². The second kappa shape index (κ2) is 6.92. The molecule has 0 saturated carbocycles. The Morgan fingerprint density at radius 2 is 1.86 bits per heavy atom. The molecule has 0 fully saturated rings. The summed E-state index contributed by atoms with van der Waals surface area (Å²) in [6.07, 6.45) is 1.10. The zero-order valence-electron chi connectivity index (χ0n) is 11.7. The van der Waals surface area contributed by atoms with Gasteiger partial charge in [-0.3, -0.25) is 4.79 Å². The molecule has 4 nitrogen and oxygen atoms in total. The Morgan fingerprint density at radius 3 is 2.38 bits per heavy atom. The smallest absolute Gasteiger partial charge is 0.343 e. The van der Waals surface area contributed by atoms with Gasteiger partial charge in [0.25, 0.3) is 0 Å². The van der Waals surface area contributed by atoms with E-state index in [1.165, 1.54) is 25.9 Å². The molecule has 1 aromatic carbocycles. The van der Waals surface area contributed by atoms with Crippen molar-refractivity contribution < 1.29 is 27.5 Å². The third-order valence-corrected chi connectivity index (χ3v) is 2.36. The molecule has 21 heavy (non-hydrogen) atoms. The van der Waals surface area contributed by atoms with Crippen LogP contribution < -0.4 is 0 Å². The average molecular weight is 301 g/mol. The fraction of sp³-hybridized carbons (Fsp3) is 0.286. The molecule has 114 valence electrons. The fourth-order valence-corrected chi connectivity index (χ4v) is 1.54. The van der Waals surface area contributed by atoms with E-state index in [-0.39, 0.29) is 6.61 Å². The molecule has 0 spiro atoms. The Labute approximate surface area is 119 Å². The molecule has 0 aromatic heterocycles. The lowest BCUT2D eigenvalue weighted by Gasteiger charge is -2.11. The molecule has 0 saturated heterocycles. The number of carbonyl (C=O) groups is 2. The topological polar surface area (TPSA) is 46.6 Å². The molecule has 1 rings (SSSR count). The van der Waals surface area contributed by atoms with Crippen LogP contribution in [-0.2, 0) is 9.53 Å². The van der Waals surface area contributed by atoms with Crippen LogP contribution in [0.25, 0.3) is 0 Å². The zero-order chi connectivity index (χ0) is 16.2. The van der Waals surface area contributed by atoms with Crippen molar-refractivity contribution in [2.24, 2.45) is 0 Å². The van der Waals surface area contributed by atoms with E-state index >= 15 is 0 Å². The average Bonchev–Trinajstić information content (AvgIpc) is 2.39. The van der Waals surface area contributed by atoms with Gasteiger partial charge >= 0.3 is 5.97 Å². The highest BCUT2D eigenvalue weighted by atomic mass is 19.2. The number of carbonyl (C=O) groups excluding carboxylic acids is 2. The SMILES string of the molecule is CCOC(=O)/C(=C\N(C)C)C(=O)c1cc(F)cc(F)c1F. The van der Waals surface area contributed by atoms with Crippen LogP contribution in [0.2, 0.25) is 0 Å². The number of nitrogens with zero attached hydrogens (tertiary/aromatic N) is 1. The van der Waals surface area contributed by atoms with E-state index in [0.29, 0.717) is 12.1 Å². The molecule has 7 heteroatoms. The summed E-state index contributed by atoms with van der Waals surface area (Å²) < 4.78 is 44.6. The quantitative estimate of drug-likeness (QED) is 0.209. The maximum Gasteiger partial charge on any atom is 0.343 e. The van der Waals surface area contributed by atoms with Crippen molar-refractivity contribution in [1.29, 1.82) is 0 Å². The summed E-state index contributed by atoms with van der Waals surface area (Å²) in [5, 5.41) is 0. The second-order valence-corrected chi connectivity index (χ2v) is 4.31. The Morgan fingerprint density at radius 1 is 1.24 bits per heavy atom. The number of hydrogen-bond donors (Lipinski definition) is 0. The lowest BCUT2D eigenvalue weighted by atomic mass is 10.0. The Hall–Kier alpha value is -2.31. The van der Waals surface area contributed by atoms with Crippen LogP contribution in [0.1, 0.15) is 17.3 Å². The number of rotatable bonds is 5. The summed E-state index contributed by atoms with van der Waals surface area (Å²) in [4.78, 5) is 25.2. The van der Waals surface area contributed by atoms with Crippen molar-refractivity contribution in [2.45, 2.75) is 6.92 Å². The molecule has 0 atom stereocenters. The van der Waals surface area contributed by atoms with Crippen molar-refractivity contribution in [3.63, 3.8) is 0 Å². The number of ketones is 1. The van der Waals surface area contributed by atoms with Crippen LogP contribution in [0.5, 0.6) is 0 Å². The van der Waals surface area contributed by atoms with Gasteiger partial charge in [0, 0.05) is 26.4 Å². The fourth-order valence-electron chi connectivity index (χ4n) is 1.54. The van der Waals surface area contributed by atoms with Gasteiger partial charge in [-0.2, -0.15) is 0 Å². The van der Waals surface area contributed by atoms with Gasteiger partial charge in [-0.25, -0.2) is 18.0 Å². The summed E-state index contributed by atoms with van der Waals surface area (Å²) in [6, 6.07) is 0.843. The first kappa shape index (κ1) is 16.7. The van der Waals surface area contributed by atoms with Gasteiger partial charge in [-0.15, -0.1) is 0 Å². The van der Waals surface area contributed by atoms with E-state index in [4.69, 9.17) is 0 Å². The van der Waals surface area contributed by atoms with E-state index in [9.17, 15) is 22.8 Å². The first-order chi connectivity index (χ1) is 9.77. The third-order valence-electron chi connectivity index (χ3n) is 2.36. The van der Waals surface area contributed by atoms with Gasteiger partial charge in [-0.1, -0.05) is 0 Å². The van der Waals surface area contributed by atoms with E-state index in [1.54, 1.807) is 0 Å². The highest BCUT2D eigenvalue weighted by molar-refractivity contribution is 6.24. The molecule has 0 N–H and O–H groups in total. The van der Waals surface area contributed by atoms with Gasteiger partial charge in [-0.05, 0) is 13.0 Å². The summed E-state index contributed by atoms with van der Waals surface area (Å²) in [6.45, 7) is 1.52. The highest BCUT2D eigenvalue weighted by Crippen LogP contribution is 2.19. The van der Waals surface area contributed by atoms with Gasteiger partial charge in [0.2, 0.25) is 5.78 Å². The molecule has 0 aliphatic rings. The van der Waals surface area contributed by atoms with E-state index in [0.717, 1.165) is 6.20 Å². The predicted octanol–water partition coefficient (Wildman–Crippen LogP) is 2.30. The van der Waals surface area contributed by atoms with E-state index < -0.39 is 40.3 Å². The zero-order valence-corrected chi connectivity index (χ0v) is 11.7. The first-order valence-electron chi connectivity index (χ1n) is 6.02. The summed E-state index contributed by atoms with van der Waals surface area (Å²) >= 11 is 0. The lowest BCUT2D eigenvalue weighted by molar-refractivity contribution is -0.138. The van der Waals surface area contributed by atoms with Crippen molar-refractivity contribution in [2.75, 3.05) is 20.7 Å². The minimum Gasteiger partial charge on any atom is -0.462 e. The van der Waals surface area contributed by atoms with Crippen LogP contribution >= 0.6 is 0 Å². The molecular formula is C14H14F3NO3. The third kappa shape index (κ3) is 4.08. The van der Waals surface area contributed by atoms with Crippen molar-refractivity contribution >= 4 is 11.8 Å². The molecule has 0 aliphatic carbocycles. The van der Waals surface area contributed by atoms with Crippen molar-refractivity contribution in [3.8, 4) is 0 Å². The van der Waals surface area contributed by atoms with Crippen molar-refractivity contribution in [1.82, 2.24) is 4.90 Å². The monoisotopic (exact) mass is 301 g/mol. The number of hydrogen-bond acceptors (Lipinski definition) is 4. The normalized spacial score (nSPS) is 11.2. The summed E-state index contributed by atoms with van der Waals surface area (Å²) in [7, 11) is 3.05. The minimum absolute atomic E-state index is 0.00310. The number of Topliss-reactive ketones (excluding diaryl/α,β-unsaturated/α-hetero) is 1. The lowest BCUT2D eigenvalue weighted by Crippen LogP contribution is -2.20. The highest BCUT2D eigenvalue weighted by Gasteiger charge is 2.26. The Kier molecular flexibility index (Phi) is 5.52. The van der Waals surface area contributed by atoms with Gasteiger partial charge in [0.1, 0.15) is 11.4 Å². The molecule has 0 radical (unpaired) electrons. The molecule has 0 bridgehead atoms. The molecular weight excluding hydrogens is 287 g/mol. The molecule has 0 heterocycles. The largest absolute Gasteiger partial charge is 0.462 e. The number of benzene rings is 1. The number of halogens is 3. The molecule has 0 amide bonds. The first-order valence-corrected chi connectivity index (χ1v) is 6.02. The van der Waals surface area contributed by atoms with Gasteiger partial charge in [0.15, 0.2) is 11.6 Å². The summed E-state index contributed by atoms with van der Waals surface area (Å²) in [5.41, 5.74) is -1.39. The van der Waals surface area contributed by atoms with Gasteiger partial charge in [0.05, 0.1) is 12.2 Å². The predicted molar refractivity (Wildman–Crippen MR) is 69.0 cm³/mol. The number of esters is 1. The Bertz CT molecular complexity index is 597. The van der Waals surface area contributed by atoms with E-state index in [1.807, 2.05) is 0 Å². The molecule has 1 aromatic rings. The summed E-state index contributed by atoms with van der Waals surface area (Å²) in [5.74, 6) is -6.30. The van der Waals surface area contributed by atoms with Crippen LogP contribution in [0.3, 0.4) is 0 Å². The van der Waals surface area contributed by atoms with E-state index in [2.05, 4.69) is 4.74 Å². The van der Waals surface area contributed by atoms with Crippen LogP contribution in [-0.4, -0.2) is 37.4 Å². The number of ether oxygens (including phenoxy) is 1.